The maximum atomic E-state index is 6.21. The molecular weight excluding hydrogens is 289 g/mol. The normalized spacial score (nSPS) is 12.7. The number of benzene rings is 1. The van der Waals surface area contributed by atoms with Crippen LogP contribution in [0.2, 0.25) is 0 Å². The SMILES string of the molecule is CC(C)O[B-](OC(C)C)(OC(C)C)c1nccc2ccccc12. The highest BCUT2D eigenvalue weighted by atomic mass is 16.8. The molecule has 4 nitrogen and oxygen atoms in total. The topological polar surface area (TPSA) is 40.6 Å². The Labute approximate surface area is 139 Å². The Balaban J connectivity index is 2.65. The summed E-state index contributed by atoms with van der Waals surface area (Å²) in [6.45, 7) is 9.75. The van der Waals surface area contributed by atoms with Crippen molar-refractivity contribution in [3.8, 4) is 0 Å². The Kier molecular flexibility index (Phi) is 5.79. The van der Waals surface area contributed by atoms with Crippen LogP contribution in [-0.2, 0) is 14.0 Å². The third-order valence-electron chi connectivity index (χ3n) is 3.39. The molecule has 126 valence electrons. The second-order valence-corrected chi connectivity index (χ2v) is 6.61. The van der Waals surface area contributed by atoms with Gasteiger partial charge in [-0.1, -0.05) is 24.3 Å². The van der Waals surface area contributed by atoms with Gasteiger partial charge in [-0.05, 0) is 64.0 Å². The predicted octanol–water partition coefficient (Wildman–Crippen LogP) is 3.66. The molecule has 0 N–H and O–H groups in total. The Morgan fingerprint density at radius 3 is 1.83 bits per heavy atom. The summed E-state index contributed by atoms with van der Waals surface area (Å²) in [6.07, 6.45) is 1.64. The van der Waals surface area contributed by atoms with Crippen molar-refractivity contribution < 1.29 is 14.0 Å². The van der Waals surface area contributed by atoms with E-state index in [9.17, 15) is 0 Å². The maximum absolute atomic E-state index is 6.21. The lowest BCUT2D eigenvalue weighted by molar-refractivity contribution is 0.0149. The molecule has 0 amide bonds. The first-order valence-corrected chi connectivity index (χ1v) is 8.35. The van der Waals surface area contributed by atoms with E-state index in [1.54, 1.807) is 6.20 Å². The third-order valence-corrected chi connectivity index (χ3v) is 3.39. The summed E-state index contributed by atoms with van der Waals surface area (Å²) in [5.74, 6) is 0. The van der Waals surface area contributed by atoms with Crippen LogP contribution in [0.1, 0.15) is 41.5 Å². The Morgan fingerprint density at radius 1 is 0.783 bits per heavy atom. The number of aromatic nitrogens is 1. The van der Waals surface area contributed by atoms with Crippen LogP contribution in [0.25, 0.3) is 10.8 Å². The molecule has 0 bridgehead atoms. The number of rotatable bonds is 7. The first kappa shape index (κ1) is 17.9. The van der Waals surface area contributed by atoms with Gasteiger partial charge in [0, 0.05) is 24.5 Å². The van der Waals surface area contributed by atoms with Gasteiger partial charge in [0.1, 0.15) is 0 Å². The Morgan fingerprint density at radius 2 is 1.30 bits per heavy atom. The van der Waals surface area contributed by atoms with E-state index in [0.717, 1.165) is 16.4 Å². The van der Waals surface area contributed by atoms with E-state index >= 15 is 0 Å². The fraction of sp³-hybridized carbons (Fsp3) is 0.500. The van der Waals surface area contributed by atoms with Gasteiger partial charge in [-0.3, -0.25) is 4.98 Å². The van der Waals surface area contributed by atoms with Crippen molar-refractivity contribution in [3.05, 3.63) is 36.5 Å². The van der Waals surface area contributed by atoms with E-state index < -0.39 is 6.75 Å². The van der Waals surface area contributed by atoms with Crippen LogP contribution in [0, 0.1) is 0 Å². The van der Waals surface area contributed by atoms with Gasteiger partial charge in [-0.15, -0.1) is 0 Å². The first-order valence-electron chi connectivity index (χ1n) is 8.35. The van der Waals surface area contributed by atoms with E-state index in [1.807, 2.05) is 65.8 Å². The van der Waals surface area contributed by atoms with Gasteiger partial charge in [0.05, 0.1) is 0 Å². The predicted molar refractivity (Wildman–Crippen MR) is 95.8 cm³/mol. The smallest absolute Gasteiger partial charge is 0.428 e. The summed E-state index contributed by atoms with van der Waals surface area (Å²) >= 11 is 0. The van der Waals surface area contributed by atoms with Crippen molar-refractivity contribution in [2.45, 2.75) is 59.9 Å². The van der Waals surface area contributed by atoms with Crippen LogP contribution in [0.3, 0.4) is 0 Å². The van der Waals surface area contributed by atoms with Gasteiger partial charge in [-0.25, -0.2) is 0 Å². The van der Waals surface area contributed by atoms with Crippen molar-refractivity contribution in [1.29, 1.82) is 0 Å². The Hall–Kier alpha value is -1.43. The molecule has 2 aromatic rings. The number of hydrogen-bond acceptors (Lipinski definition) is 4. The van der Waals surface area contributed by atoms with Crippen molar-refractivity contribution in [1.82, 2.24) is 4.98 Å². The number of fused-ring (bicyclic) bond motifs is 1. The molecule has 1 heterocycles. The third kappa shape index (κ3) is 4.31. The number of hydrogen-bond donors (Lipinski definition) is 0. The average molecular weight is 316 g/mol. The van der Waals surface area contributed by atoms with Crippen molar-refractivity contribution in [3.63, 3.8) is 0 Å². The minimum Gasteiger partial charge on any atom is -0.538 e. The minimum absolute atomic E-state index is 0.0479. The fourth-order valence-corrected chi connectivity index (χ4v) is 2.79. The molecule has 0 atom stereocenters. The molecule has 0 unspecified atom stereocenters. The second-order valence-electron chi connectivity index (χ2n) is 6.61. The van der Waals surface area contributed by atoms with Gasteiger partial charge in [0.15, 0.2) is 0 Å². The van der Waals surface area contributed by atoms with Gasteiger partial charge in [0.2, 0.25) is 0 Å². The zero-order valence-electron chi connectivity index (χ0n) is 14.9. The monoisotopic (exact) mass is 316 g/mol. The lowest BCUT2D eigenvalue weighted by Gasteiger charge is -2.46. The second kappa shape index (κ2) is 7.43. The van der Waals surface area contributed by atoms with Gasteiger partial charge >= 0.3 is 6.75 Å². The zero-order valence-corrected chi connectivity index (χ0v) is 14.9. The van der Waals surface area contributed by atoms with Crippen molar-refractivity contribution in [2.75, 3.05) is 0 Å². The summed E-state index contributed by atoms with van der Waals surface area (Å²) in [5, 5.41) is 2.09. The summed E-state index contributed by atoms with van der Waals surface area (Å²) in [4.78, 5) is 4.59. The highest BCUT2D eigenvalue weighted by molar-refractivity contribution is 6.77. The van der Waals surface area contributed by atoms with Crippen LogP contribution < -0.4 is 5.59 Å². The lowest BCUT2D eigenvalue weighted by atomic mass is 9.69. The van der Waals surface area contributed by atoms with E-state index in [1.165, 1.54) is 0 Å². The standard InChI is InChI=1S/C18H27BNO3/c1-13(2)21-19(22-14(3)4,23-15(5)6)18-17-10-8-7-9-16(17)11-12-20-18/h7-15H,1-6H3/q-1. The average Bonchev–Trinajstić information content (AvgIpc) is 2.44. The van der Waals surface area contributed by atoms with Crippen molar-refractivity contribution >= 4 is 23.1 Å². The lowest BCUT2D eigenvalue weighted by Crippen LogP contribution is -2.61. The fourth-order valence-electron chi connectivity index (χ4n) is 2.79. The van der Waals surface area contributed by atoms with Gasteiger partial charge < -0.3 is 14.0 Å². The molecular formula is C18H27BNO3-. The largest absolute Gasteiger partial charge is 0.538 e. The highest BCUT2D eigenvalue weighted by Crippen LogP contribution is 2.21. The minimum atomic E-state index is -2.14. The van der Waals surface area contributed by atoms with Crippen LogP contribution in [0.5, 0.6) is 0 Å². The number of pyridine rings is 1. The molecule has 1 aromatic carbocycles. The van der Waals surface area contributed by atoms with Crippen LogP contribution in [-0.4, -0.2) is 30.1 Å². The van der Waals surface area contributed by atoms with E-state index in [0.29, 0.717) is 0 Å². The molecule has 2 rings (SSSR count). The molecule has 0 saturated heterocycles. The molecule has 0 radical (unpaired) electrons. The zero-order chi connectivity index (χ0) is 17.0. The van der Waals surface area contributed by atoms with E-state index in [4.69, 9.17) is 14.0 Å². The van der Waals surface area contributed by atoms with Gasteiger partial charge in [-0.2, -0.15) is 0 Å². The molecule has 1 aromatic heterocycles. The summed E-state index contributed by atoms with van der Waals surface area (Å²) in [7, 11) is 0. The molecule has 0 saturated carbocycles. The molecule has 23 heavy (non-hydrogen) atoms. The summed E-state index contributed by atoms with van der Waals surface area (Å²) in [5.41, 5.74) is 0.721. The molecule has 0 fully saturated rings. The molecule has 0 aliphatic rings. The van der Waals surface area contributed by atoms with Crippen LogP contribution in [0.15, 0.2) is 36.5 Å². The van der Waals surface area contributed by atoms with E-state index in [2.05, 4.69) is 11.1 Å². The van der Waals surface area contributed by atoms with Gasteiger partial charge in [0.25, 0.3) is 0 Å². The highest BCUT2D eigenvalue weighted by Gasteiger charge is 2.37. The summed E-state index contributed by atoms with van der Waals surface area (Å²) in [6, 6.07) is 10.1. The quantitative estimate of drug-likeness (QED) is 0.731. The summed E-state index contributed by atoms with van der Waals surface area (Å²) < 4.78 is 18.6. The molecule has 0 aliphatic carbocycles. The first-order chi connectivity index (χ1) is 10.8. The van der Waals surface area contributed by atoms with Crippen LogP contribution >= 0.6 is 0 Å². The van der Waals surface area contributed by atoms with Crippen LogP contribution in [0.4, 0.5) is 0 Å². The number of nitrogens with zero attached hydrogens (tertiary/aromatic N) is 1. The molecule has 0 aliphatic heterocycles. The molecule has 5 heteroatoms. The molecule has 0 spiro atoms. The van der Waals surface area contributed by atoms with E-state index in [-0.39, 0.29) is 18.3 Å². The maximum Gasteiger partial charge on any atom is 0.428 e. The van der Waals surface area contributed by atoms with Crippen molar-refractivity contribution in [2.24, 2.45) is 0 Å². The Bertz CT molecular complexity index is 611.